The largest absolute Gasteiger partial charge is 0.313 e. The van der Waals surface area contributed by atoms with Crippen LogP contribution in [0.25, 0.3) is 0 Å². The maximum absolute atomic E-state index is 4.48. The van der Waals surface area contributed by atoms with Crippen LogP contribution in [0.15, 0.2) is 18.5 Å². The van der Waals surface area contributed by atoms with E-state index in [1.165, 1.54) is 11.3 Å². The van der Waals surface area contributed by atoms with Gasteiger partial charge in [-0.2, -0.15) is 10.2 Å². The van der Waals surface area contributed by atoms with Gasteiger partial charge in [-0.15, -0.1) is 0 Å². The summed E-state index contributed by atoms with van der Waals surface area (Å²) >= 11 is 0. The van der Waals surface area contributed by atoms with Crippen molar-refractivity contribution in [2.24, 2.45) is 14.1 Å². The molecule has 5 nitrogen and oxygen atoms in total. The van der Waals surface area contributed by atoms with Crippen molar-refractivity contribution in [3.63, 3.8) is 0 Å². The van der Waals surface area contributed by atoms with Gasteiger partial charge in [0.2, 0.25) is 0 Å². The van der Waals surface area contributed by atoms with Crippen molar-refractivity contribution in [1.29, 1.82) is 0 Å². The van der Waals surface area contributed by atoms with E-state index in [2.05, 4.69) is 34.7 Å². The fourth-order valence-electron chi connectivity index (χ4n) is 2.15. The van der Waals surface area contributed by atoms with Gasteiger partial charge in [0, 0.05) is 44.0 Å². The van der Waals surface area contributed by atoms with Crippen LogP contribution < -0.4 is 5.32 Å². The smallest absolute Gasteiger partial charge is 0.0624 e. The average molecular weight is 247 g/mol. The number of rotatable bonds is 5. The van der Waals surface area contributed by atoms with Gasteiger partial charge in [-0.3, -0.25) is 9.36 Å². The monoisotopic (exact) mass is 247 g/mol. The van der Waals surface area contributed by atoms with Gasteiger partial charge in [0.1, 0.15) is 0 Å². The van der Waals surface area contributed by atoms with E-state index in [4.69, 9.17) is 0 Å². The number of nitrogens with zero attached hydrogens (tertiary/aromatic N) is 4. The molecule has 2 rings (SSSR count). The van der Waals surface area contributed by atoms with E-state index >= 15 is 0 Å². The molecule has 18 heavy (non-hydrogen) atoms. The molecule has 0 saturated carbocycles. The Morgan fingerprint density at radius 2 is 2.17 bits per heavy atom. The molecule has 0 saturated heterocycles. The fraction of sp³-hybridized carbons (Fsp3) is 0.538. The van der Waals surface area contributed by atoms with E-state index in [-0.39, 0.29) is 6.04 Å². The minimum atomic E-state index is 0.277. The Balaban J connectivity index is 2.17. The van der Waals surface area contributed by atoms with Crippen molar-refractivity contribution in [2.75, 3.05) is 7.05 Å². The van der Waals surface area contributed by atoms with Gasteiger partial charge in [0.25, 0.3) is 0 Å². The normalized spacial score (nSPS) is 12.9. The first-order chi connectivity index (χ1) is 8.63. The first kappa shape index (κ1) is 12.8. The highest BCUT2D eigenvalue weighted by Gasteiger charge is 2.14. The van der Waals surface area contributed by atoms with Gasteiger partial charge in [-0.25, -0.2) is 0 Å². The summed E-state index contributed by atoms with van der Waals surface area (Å²) in [6.45, 7) is 2.13. The van der Waals surface area contributed by atoms with Gasteiger partial charge in [0.05, 0.1) is 11.9 Å². The summed E-state index contributed by atoms with van der Waals surface area (Å²) in [6.07, 6.45) is 5.87. The molecule has 0 aliphatic heterocycles. The van der Waals surface area contributed by atoms with Crippen molar-refractivity contribution >= 4 is 0 Å². The number of hydrogen-bond acceptors (Lipinski definition) is 3. The van der Waals surface area contributed by atoms with Crippen LogP contribution >= 0.6 is 0 Å². The third-order valence-electron chi connectivity index (χ3n) is 3.28. The Labute approximate surface area is 108 Å². The van der Waals surface area contributed by atoms with E-state index in [9.17, 15) is 0 Å². The molecule has 2 heterocycles. The second-order valence-corrected chi connectivity index (χ2v) is 4.60. The molecule has 1 atom stereocenters. The van der Waals surface area contributed by atoms with Crippen LogP contribution in [0.5, 0.6) is 0 Å². The van der Waals surface area contributed by atoms with E-state index in [0.29, 0.717) is 0 Å². The Morgan fingerprint density at radius 3 is 2.67 bits per heavy atom. The molecule has 2 aromatic heterocycles. The minimum absolute atomic E-state index is 0.277. The molecule has 0 bridgehead atoms. The third-order valence-corrected chi connectivity index (χ3v) is 3.28. The van der Waals surface area contributed by atoms with Crippen LogP contribution in [-0.4, -0.2) is 26.6 Å². The lowest BCUT2D eigenvalue weighted by Gasteiger charge is -2.14. The molecule has 0 aliphatic rings. The molecule has 0 fully saturated rings. The molecule has 0 aliphatic carbocycles. The molecule has 0 amide bonds. The highest BCUT2D eigenvalue weighted by molar-refractivity contribution is 5.17. The Kier molecular flexibility index (Phi) is 3.81. The Morgan fingerprint density at radius 1 is 1.39 bits per heavy atom. The number of aromatic nitrogens is 4. The quantitative estimate of drug-likeness (QED) is 0.864. The molecular formula is C13H21N5. The van der Waals surface area contributed by atoms with E-state index < -0.39 is 0 Å². The first-order valence-electron chi connectivity index (χ1n) is 6.31. The van der Waals surface area contributed by atoms with Crippen molar-refractivity contribution in [3.05, 3.63) is 35.4 Å². The van der Waals surface area contributed by atoms with Gasteiger partial charge in [-0.1, -0.05) is 6.92 Å². The summed E-state index contributed by atoms with van der Waals surface area (Å²) in [5.74, 6) is 0. The maximum Gasteiger partial charge on any atom is 0.0624 e. The first-order valence-corrected chi connectivity index (χ1v) is 6.31. The number of aryl methyl sites for hydroxylation is 3. The maximum atomic E-state index is 4.48. The standard InChI is InChI=1S/C13H21N5/c1-5-11-6-12(18(4)16-11)7-13(14-2)10-8-15-17(3)9-10/h6,8-9,13-14H,5,7H2,1-4H3. The highest BCUT2D eigenvalue weighted by Crippen LogP contribution is 2.18. The van der Waals surface area contributed by atoms with Crippen LogP contribution in [0.2, 0.25) is 0 Å². The lowest BCUT2D eigenvalue weighted by Crippen LogP contribution is -2.19. The van der Waals surface area contributed by atoms with Gasteiger partial charge in [0.15, 0.2) is 0 Å². The van der Waals surface area contributed by atoms with Gasteiger partial charge < -0.3 is 5.32 Å². The van der Waals surface area contributed by atoms with Gasteiger partial charge in [-0.05, 0) is 19.5 Å². The summed E-state index contributed by atoms with van der Waals surface area (Å²) in [5, 5.41) is 12.0. The Hall–Kier alpha value is -1.62. The van der Waals surface area contributed by atoms with E-state index in [1.807, 2.05) is 36.7 Å². The zero-order valence-corrected chi connectivity index (χ0v) is 11.5. The number of hydrogen-bond donors (Lipinski definition) is 1. The van der Waals surface area contributed by atoms with Crippen molar-refractivity contribution < 1.29 is 0 Å². The molecule has 0 aromatic carbocycles. The molecule has 0 radical (unpaired) electrons. The zero-order valence-electron chi connectivity index (χ0n) is 11.5. The summed E-state index contributed by atoms with van der Waals surface area (Å²) < 4.78 is 3.81. The van der Waals surface area contributed by atoms with Gasteiger partial charge >= 0.3 is 0 Å². The highest BCUT2D eigenvalue weighted by atomic mass is 15.3. The molecule has 5 heteroatoms. The fourth-order valence-corrected chi connectivity index (χ4v) is 2.15. The summed E-state index contributed by atoms with van der Waals surface area (Å²) in [6, 6.07) is 2.46. The number of likely N-dealkylation sites (N-methyl/N-ethyl adjacent to an activating group) is 1. The SMILES string of the molecule is CCc1cc(CC(NC)c2cnn(C)c2)n(C)n1. The van der Waals surface area contributed by atoms with Crippen LogP contribution in [0, 0.1) is 0 Å². The second kappa shape index (κ2) is 5.35. The van der Waals surface area contributed by atoms with Crippen LogP contribution in [0.1, 0.15) is 29.9 Å². The molecule has 0 spiro atoms. The van der Waals surface area contributed by atoms with E-state index in [0.717, 1.165) is 18.5 Å². The Bertz CT molecular complexity index is 511. The molecule has 1 N–H and O–H groups in total. The lowest BCUT2D eigenvalue weighted by atomic mass is 10.1. The molecule has 98 valence electrons. The lowest BCUT2D eigenvalue weighted by molar-refractivity contribution is 0.560. The van der Waals surface area contributed by atoms with Crippen molar-refractivity contribution in [3.8, 4) is 0 Å². The summed E-state index contributed by atoms with van der Waals surface area (Å²) in [7, 11) is 5.93. The predicted octanol–water partition coefficient (Wildman–Crippen LogP) is 1.22. The molecule has 2 aromatic rings. The second-order valence-electron chi connectivity index (χ2n) is 4.60. The van der Waals surface area contributed by atoms with E-state index in [1.54, 1.807) is 0 Å². The van der Waals surface area contributed by atoms with Crippen LogP contribution in [0.4, 0.5) is 0 Å². The minimum Gasteiger partial charge on any atom is -0.313 e. The average Bonchev–Trinajstić information content (AvgIpc) is 2.93. The zero-order chi connectivity index (χ0) is 13.1. The van der Waals surface area contributed by atoms with Crippen molar-refractivity contribution in [2.45, 2.75) is 25.8 Å². The topological polar surface area (TPSA) is 47.7 Å². The number of nitrogens with one attached hydrogen (secondary N) is 1. The van der Waals surface area contributed by atoms with Crippen LogP contribution in [-0.2, 0) is 26.9 Å². The third kappa shape index (κ3) is 2.61. The molecular weight excluding hydrogens is 226 g/mol. The predicted molar refractivity (Wildman–Crippen MR) is 71.3 cm³/mol. The summed E-state index contributed by atoms with van der Waals surface area (Å²) in [5.41, 5.74) is 3.60. The molecule has 1 unspecified atom stereocenters. The summed E-state index contributed by atoms with van der Waals surface area (Å²) in [4.78, 5) is 0. The van der Waals surface area contributed by atoms with Crippen LogP contribution in [0.3, 0.4) is 0 Å². The van der Waals surface area contributed by atoms with Crippen molar-refractivity contribution in [1.82, 2.24) is 24.9 Å².